The maximum atomic E-state index is 12.5. The third-order valence-electron chi connectivity index (χ3n) is 4.62. The second kappa shape index (κ2) is 5.68. The lowest BCUT2D eigenvalue weighted by Gasteiger charge is -2.20. The summed E-state index contributed by atoms with van der Waals surface area (Å²) >= 11 is 1.51. The predicted molar refractivity (Wildman–Crippen MR) is 89.9 cm³/mol. The Morgan fingerprint density at radius 2 is 2.10 bits per heavy atom. The quantitative estimate of drug-likeness (QED) is 0.897. The van der Waals surface area contributed by atoms with E-state index in [9.17, 15) is 4.79 Å². The van der Waals surface area contributed by atoms with Crippen molar-refractivity contribution in [1.82, 2.24) is 5.32 Å². The van der Waals surface area contributed by atoms with Crippen molar-refractivity contribution >= 4 is 33.0 Å². The molecule has 1 saturated carbocycles. The Balaban J connectivity index is 1.84. The van der Waals surface area contributed by atoms with Crippen LogP contribution in [0, 0.1) is 12.8 Å². The molecule has 3 nitrogen and oxygen atoms in total. The van der Waals surface area contributed by atoms with Crippen LogP contribution in [0.15, 0.2) is 18.2 Å². The van der Waals surface area contributed by atoms with Gasteiger partial charge in [0, 0.05) is 16.1 Å². The first-order valence-corrected chi connectivity index (χ1v) is 8.48. The molecule has 3 N–H and O–H groups in total. The van der Waals surface area contributed by atoms with Crippen LogP contribution in [-0.4, -0.2) is 11.9 Å². The highest BCUT2D eigenvalue weighted by atomic mass is 32.1. The zero-order valence-corrected chi connectivity index (χ0v) is 13.4. The Kier molecular flexibility index (Phi) is 3.89. The van der Waals surface area contributed by atoms with E-state index in [0.717, 1.165) is 10.1 Å². The Morgan fingerprint density at radius 3 is 2.76 bits per heavy atom. The Morgan fingerprint density at radius 1 is 1.38 bits per heavy atom. The van der Waals surface area contributed by atoms with Gasteiger partial charge in [-0.1, -0.05) is 31.0 Å². The van der Waals surface area contributed by atoms with Crippen LogP contribution < -0.4 is 11.1 Å². The van der Waals surface area contributed by atoms with Crippen molar-refractivity contribution in [2.45, 2.75) is 45.6 Å². The Hall–Kier alpha value is -1.55. The van der Waals surface area contributed by atoms with Crippen LogP contribution in [-0.2, 0) is 0 Å². The van der Waals surface area contributed by atoms with E-state index in [-0.39, 0.29) is 11.9 Å². The van der Waals surface area contributed by atoms with Gasteiger partial charge in [-0.05, 0) is 38.2 Å². The van der Waals surface area contributed by atoms with Crippen molar-refractivity contribution in [2.75, 3.05) is 5.73 Å². The molecular weight excluding hydrogens is 280 g/mol. The highest BCUT2D eigenvalue weighted by Crippen LogP contribution is 2.36. The van der Waals surface area contributed by atoms with Crippen molar-refractivity contribution in [3.05, 3.63) is 28.6 Å². The average Bonchev–Trinajstić information content (AvgIpc) is 3.08. The molecule has 21 heavy (non-hydrogen) atoms. The molecule has 1 unspecified atom stereocenters. The van der Waals surface area contributed by atoms with Crippen molar-refractivity contribution in [3.8, 4) is 0 Å². The summed E-state index contributed by atoms with van der Waals surface area (Å²) < 4.78 is 1.12. The number of hydrogen-bond acceptors (Lipinski definition) is 3. The van der Waals surface area contributed by atoms with E-state index in [2.05, 4.69) is 25.2 Å². The minimum atomic E-state index is -0.0208. The number of carbonyl (C=O) groups is 1. The summed E-state index contributed by atoms with van der Waals surface area (Å²) in [5, 5.41) is 4.15. The van der Waals surface area contributed by atoms with E-state index in [4.69, 9.17) is 5.73 Å². The first kappa shape index (κ1) is 14.4. The lowest BCUT2D eigenvalue weighted by Crippen LogP contribution is -2.37. The molecule has 0 aliphatic heterocycles. The number of nitrogens with two attached hydrogens (primary N) is 1. The minimum Gasteiger partial charge on any atom is -0.397 e. The summed E-state index contributed by atoms with van der Waals surface area (Å²) in [6.07, 6.45) is 5.02. The summed E-state index contributed by atoms with van der Waals surface area (Å²) in [6.45, 7) is 4.17. The maximum absolute atomic E-state index is 12.5. The summed E-state index contributed by atoms with van der Waals surface area (Å²) in [4.78, 5) is 13.2. The van der Waals surface area contributed by atoms with Crippen molar-refractivity contribution in [1.29, 1.82) is 0 Å². The van der Waals surface area contributed by atoms with Crippen molar-refractivity contribution in [2.24, 2.45) is 5.92 Å². The fourth-order valence-corrected chi connectivity index (χ4v) is 4.39. The Bertz CT molecular complexity index is 671. The van der Waals surface area contributed by atoms with E-state index in [1.54, 1.807) is 0 Å². The van der Waals surface area contributed by atoms with E-state index < -0.39 is 0 Å². The first-order chi connectivity index (χ1) is 10.1. The fraction of sp³-hybridized carbons (Fsp3) is 0.471. The lowest BCUT2D eigenvalue weighted by atomic mass is 10.00. The normalized spacial score (nSPS) is 17.2. The van der Waals surface area contributed by atoms with E-state index in [0.29, 0.717) is 16.5 Å². The lowest BCUT2D eigenvalue weighted by molar-refractivity contribution is 0.0932. The second-order valence-electron chi connectivity index (χ2n) is 6.10. The summed E-state index contributed by atoms with van der Waals surface area (Å²) in [5.74, 6) is 0.596. The van der Waals surface area contributed by atoms with Crippen LogP contribution in [0.3, 0.4) is 0 Å². The van der Waals surface area contributed by atoms with Crippen LogP contribution in [0.1, 0.15) is 47.8 Å². The maximum Gasteiger partial charge on any atom is 0.263 e. The van der Waals surface area contributed by atoms with Crippen LogP contribution in [0.5, 0.6) is 0 Å². The second-order valence-corrected chi connectivity index (χ2v) is 7.12. The molecule has 112 valence electrons. The van der Waals surface area contributed by atoms with Gasteiger partial charge in [0.1, 0.15) is 4.88 Å². The summed E-state index contributed by atoms with van der Waals surface area (Å²) in [5.41, 5.74) is 7.98. The minimum absolute atomic E-state index is 0.0208. The monoisotopic (exact) mass is 302 g/mol. The van der Waals surface area contributed by atoms with Gasteiger partial charge < -0.3 is 11.1 Å². The largest absolute Gasteiger partial charge is 0.397 e. The molecule has 1 aliphatic carbocycles. The Labute approximate surface area is 129 Å². The molecule has 1 amide bonds. The third-order valence-corrected chi connectivity index (χ3v) is 5.98. The molecule has 3 rings (SSSR count). The number of aryl methyl sites for hydroxylation is 1. The van der Waals surface area contributed by atoms with E-state index in [1.165, 1.54) is 42.6 Å². The van der Waals surface area contributed by atoms with Gasteiger partial charge in [-0.2, -0.15) is 0 Å². The zero-order chi connectivity index (χ0) is 15.0. The number of thiophene rings is 1. The number of fused-ring (bicyclic) bond motifs is 1. The van der Waals surface area contributed by atoms with Gasteiger partial charge in [-0.25, -0.2) is 0 Å². The number of hydrogen-bond donors (Lipinski definition) is 2. The summed E-state index contributed by atoms with van der Waals surface area (Å²) in [7, 11) is 0. The van der Waals surface area contributed by atoms with Gasteiger partial charge in [-0.3, -0.25) is 4.79 Å². The highest BCUT2D eigenvalue weighted by Gasteiger charge is 2.25. The number of amides is 1. The van der Waals surface area contributed by atoms with Gasteiger partial charge in [0.05, 0.1) is 5.69 Å². The van der Waals surface area contributed by atoms with Crippen LogP contribution in [0.4, 0.5) is 5.69 Å². The average molecular weight is 302 g/mol. The molecule has 0 saturated heterocycles. The van der Waals surface area contributed by atoms with E-state index in [1.807, 2.05) is 12.1 Å². The van der Waals surface area contributed by atoms with Crippen LogP contribution in [0.25, 0.3) is 10.1 Å². The molecule has 1 heterocycles. The standard InChI is InChI=1S/C17H22N2OS/c1-10-6-5-9-13-14(18)16(21-15(10)13)17(20)19-11(2)12-7-3-4-8-12/h5-6,9,11-12H,3-4,7-8,18H2,1-2H3,(H,19,20). The molecule has 4 heteroatoms. The molecule has 2 aromatic rings. The molecule has 1 fully saturated rings. The molecule has 1 aliphatic rings. The SMILES string of the molecule is Cc1cccc2c(N)c(C(=O)NC(C)C3CCCC3)sc12. The number of benzene rings is 1. The summed E-state index contributed by atoms with van der Waals surface area (Å²) in [6, 6.07) is 6.27. The molecule has 0 bridgehead atoms. The molecule has 0 spiro atoms. The van der Waals surface area contributed by atoms with Gasteiger partial charge in [0.25, 0.3) is 5.91 Å². The number of nitrogen functional groups attached to an aromatic ring is 1. The van der Waals surface area contributed by atoms with Crippen molar-refractivity contribution < 1.29 is 4.79 Å². The number of anilines is 1. The van der Waals surface area contributed by atoms with Gasteiger partial charge in [0.15, 0.2) is 0 Å². The zero-order valence-electron chi connectivity index (χ0n) is 12.6. The van der Waals surface area contributed by atoms with Crippen LogP contribution in [0.2, 0.25) is 0 Å². The first-order valence-electron chi connectivity index (χ1n) is 7.66. The van der Waals surface area contributed by atoms with Crippen LogP contribution >= 0.6 is 11.3 Å². The molecule has 0 radical (unpaired) electrons. The predicted octanol–water partition coefficient (Wildman–Crippen LogP) is 4.10. The topological polar surface area (TPSA) is 55.1 Å². The van der Waals surface area contributed by atoms with E-state index >= 15 is 0 Å². The van der Waals surface area contributed by atoms with Crippen molar-refractivity contribution in [3.63, 3.8) is 0 Å². The third kappa shape index (κ3) is 2.64. The molecular formula is C17H22N2OS. The fourth-order valence-electron chi connectivity index (χ4n) is 3.30. The molecule has 1 atom stereocenters. The van der Waals surface area contributed by atoms with Gasteiger partial charge in [-0.15, -0.1) is 11.3 Å². The van der Waals surface area contributed by atoms with Gasteiger partial charge in [0.2, 0.25) is 0 Å². The molecule has 1 aromatic carbocycles. The smallest absolute Gasteiger partial charge is 0.263 e. The number of carbonyl (C=O) groups excluding carboxylic acids is 1. The number of rotatable bonds is 3. The number of nitrogens with one attached hydrogen (secondary N) is 1. The van der Waals surface area contributed by atoms with Gasteiger partial charge >= 0.3 is 0 Å². The molecule has 1 aromatic heterocycles. The highest BCUT2D eigenvalue weighted by molar-refractivity contribution is 7.21.